The van der Waals surface area contributed by atoms with Gasteiger partial charge >= 0.3 is 0 Å². The van der Waals surface area contributed by atoms with Gasteiger partial charge in [0.1, 0.15) is 12.4 Å². The number of hydrogen-bond donors (Lipinski definition) is 1. The van der Waals surface area contributed by atoms with Crippen LogP contribution in [-0.2, 0) is 6.42 Å². The van der Waals surface area contributed by atoms with Gasteiger partial charge in [-0.05, 0) is 25.0 Å². The molecular formula is C11H17NO. The first kappa shape index (κ1) is 10.1. The minimum absolute atomic E-state index is 0.0879. The van der Waals surface area contributed by atoms with Crippen LogP contribution in [0.3, 0.4) is 0 Å². The predicted molar refractivity (Wildman–Crippen MR) is 55.0 cm³/mol. The molecule has 13 heavy (non-hydrogen) atoms. The second-order valence-electron chi connectivity index (χ2n) is 3.25. The van der Waals surface area contributed by atoms with Gasteiger partial charge < -0.3 is 10.5 Å². The average molecular weight is 179 g/mol. The smallest absolute Gasteiger partial charge is 0.122 e. The van der Waals surface area contributed by atoms with Crippen molar-refractivity contribution in [3.05, 3.63) is 29.8 Å². The molecule has 0 radical (unpaired) electrons. The zero-order valence-electron chi connectivity index (χ0n) is 8.29. The van der Waals surface area contributed by atoms with Crippen LogP contribution >= 0.6 is 0 Å². The number of nitrogens with two attached hydrogens (primary N) is 1. The largest absolute Gasteiger partial charge is 0.492 e. The van der Waals surface area contributed by atoms with Gasteiger partial charge in [0.25, 0.3) is 0 Å². The molecule has 1 unspecified atom stereocenters. The Morgan fingerprint density at radius 2 is 2.08 bits per heavy atom. The zero-order valence-corrected chi connectivity index (χ0v) is 8.29. The van der Waals surface area contributed by atoms with Crippen LogP contribution in [0.25, 0.3) is 0 Å². The third-order valence-electron chi connectivity index (χ3n) is 1.86. The highest BCUT2D eigenvalue weighted by Crippen LogP contribution is 2.17. The van der Waals surface area contributed by atoms with Crippen molar-refractivity contribution in [2.75, 3.05) is 6.61 Å². The van der Waals surface area contributed by atoms with E-state index in [1.807, 2.05) is 25.1 Å². The fraction of sp³-hybridized carbons (Fsp3) is 0.455. The highest BCUT2D eigenvalue weighted by molar-refractivity contribution is 5.33. The molecule has 0 spiro atoms. The lowest BCUT2D eigenvalue weighted by atomic mass is 10.1. The molecule has 0 aromatic heterocycles. The van der Waals surface area contributed by atoms with Crippen LogP contribution in [0.4, 0.5) is 0 Å². The lowest BCUT2D eigenvalue weighted by molar-refractivity contribution is 0.293. The summed E-state index contributed by atoms with van der Waals surface area (Å²) >= 11 is 0. The van der Waals surface area contributed by atoms with Gasteiger partial charge in [-0.3, -0.25) is 0 Å². The molecule has 1 rings (SSSR count). The van der Waals surface area contributed by atoms with Crippen molar-refractivity contribution in [1.29, 1.82) is 0 Å². The van der Waals surface area contributed by atoms with Crippen LogP contribution < -0.4 is 10.5 Å². The quantitative estimate of drug-likeness (QED) is 0.767. The van der Waals surface area contributed by atoms with Gasteiger partial charge in [-0.2, -0.15) is 0 Å². The normalized spacial score (nSPS) is 12.5. The van der Waals surface area contributed by atoms with E-state index in [9.17, 15) is 0 Å². The summed E-state index contributed by atoms with van der Waals surface area (Å²) in [7, 11) is 0. The van der Waals surface area contributed by atoms with Crippen molar-refractivity contribution >= 4 is 0 Å². The number of rotatable bonds is 4. The number of ether oxygens (including phenoxy) is 1. The summed E-state index contributed by atoms with van der Waals surface area (Å²) in [5.41, 5.74) is 6.85. The molecule has 0 aliphatic carbocycles. The van der Waals surface area contributed by atoms with Crippen molar-refractivity contribution in [1.82, 2.24) is 0 Å². The summed E-state index contributed by atoms with van der Waals surface area (Å²) in [6.07, 6.45) is 0.995. The Morgan fingerprint density at radius 1 is 1.38 bits per heavy atom. The molecule has 0 saturated carbocycles. The molecule has 1 aromatic rings. The zero-order chi connectivity index (χ0) is 9.68. The highest BCUT2D eigenvalue weighted by Gasteiger charge is 2.01. The third kappa shape index (κ3) is 3.07. The van der Waals surface area contributed by atoms with E-state index >= 15 is 0 Å². The van der Waals surface area contributed by atoms with Gasteiger partial charge in [0, 0.05) is 6.04 Å². The van der Waals surface area contributed by atoms with Gasteiger partial charge in [0.2, 0.25) is 0 Å². The summed E-state index contributed by atoms with van der Waals surface area (Å²) in [5, 5.41) is 0. The average Bonchev–Trinajstić information content (AvgIpc) is 2.15. The molecule has 2 nitrogen and oxygen atoms in total. The topological polar surface area (TPSA) is 35.2 Å². The molecule has 0 aliphatic heterocycles. The van der Waals surface area contributed by atoms with Crippen molar-refractivity contribution in [2.24, 2.45) is 5.73 Å². The van der Waals surface area contributed by atoms with Gasteiger partial charge in [-0.1, -0.05) is 25.1 Å². The summed E-state index contributed by atoms with van der Waals surface area (Å²) < 4.78 is 5.56. The molecule has 0 fully saturated rings. The lowest BCUT2D eigenvalue weighted by Gasteiger charge is -2.11. The highest BCUT2D eigenvalue weighted by atomic mass is 16.5. The van der Waals surface area contributed by atoms with E-state index in [2.05, 4.69) is 13.0 Å². The second kappa shape index (κ2) is 4.87. The van der Waals surface area contributed by atoms with Gasteiger partial charge in [0.15, 0.2) is 0 Å². The van der Waals surface area contributed by atoms with Crippen LogP contribution in [-0.4, -0.2) is 12.6 Å². The Morgan fingerprint density at radius 3 is 2.69 bits per heavy atom. The van der Waals surface area contributed by atoms with Gasteiger partial charge in [-0.25, -0.2) is 0 Å². The fourth-order valence-electron chi connectivity index (χ4n) is 1.16. The van der Waals surface area contributed by atoms with E-state index in [0.29, 0.717) is 6.61 Å². The van der Waals surface area contributed by atoms with Crippen LogP contribution in [0.5, 0.6) is 5.75 Å². The van der Waals surface area contributed by atoms with E-state index in [0.717, 1.165) is 12.2 Å². The minimum atomic E-state index is 0.0879. The van der Waals surface area contributed by atoms with Crippen LogP contribution in [0, 0.1) is 0 Å². The number of benzene rings is 1. The molecule has 0 heterocycles. The molecule has 2 N–H and O–H groups in total. The van der Waals surface area contributed by atoms with Gasteiger partial charge in [0.05, 0.1) is 0 Å². The molecule has 0 amide bonds. The van der Waals surface area contributed by atoms with E-state index in [-0.39, 0.29) is 6.04 Å². The van der Waals surface area contributed by atoms with Crippen LogP contribution in [0.15, 0.2) is 24.3 Å². The Balaban J connectivity index is 2.64. The summed E-state index contributed by atoms with van der Waals surface area (Å²) in [6, 6.07) is 8.16. The van der Waals surface area contributed by atoms with Crippen molar-refractivity contribution in [2.45, 2.75) is 26.3 Å². The molecule has 72 valence electrons. The van der Waals surface area contributed by atoms with Crippen molar-refractivity contribution < 1.29 is 4.74 Å². The molecule has 0 saturated heterocycles. The summed E-state index contributed by atoms with van der Waals surface area (Å²) in [6.45, 7) is 4.64. The lowest BCUT2D eigenvalue weighted by Crippen LogP contribution is -2.23. The van der Waals surface area contributed by atoms with Crippen LogP contribution in [0.2, 0.25) is 0 Å². The fourth-order valence-corrected chi connectivity index (χ4v) is 1.16. The maximum Gasteiger partial charge on any atom is 0.122 e. The summed E-state index contributed by atoms with van der Waals surface area (Å²) in [4.78, 5) is 0. The second-order valence-corrected chi connectivity index (χ2v) is 3.25. The van der Waals surface area contributed by atoms with E-state index in [1.165, 1.54) is 5.56 Å². The van der Waals surface area contributed by atoms with E-state index < -0.39 is 0 Å². The number of aryl methyl sites for hydroxylation is 1. The maximum atomic E-state index is 5.61. The minimum Gasteiger partial charge on any atom is -0.492 e. The van der Waals surface area contributed by atoms with Crippen molar-refractivity contribution in [3.63, 3.8) is 0 Å². The Labute approximate surface area is 79.7 Å². The maximum absolute atomic E-state index is 5.61. The van der Waals surface area contributed by atoms with E-state index in [4.69, 9.17) is 10.5 Å². The third-order valence-corrected chi connectivity index (χ3v) is 1.86. The van der Waals surface area contributed by atoms with E-state index in [1.54, 1.807) is 0 Å². The Bertz CT molecular complexity index is 258. The monoisotopic (exact) mass is 179 g/mol. The standard InChI is InChI=1S/C11H17NO/c1-3-10-6-4-5-7-11(10)13-8-9(2)12/h4-7,9H,3,8,12H2,1-2H3. The SMILES string of the molecule is CCc1ccccc1OCC(C)N. The number of para-hydroxylation sites is 1. The first-order valence-corrected chi connectivity index (χ1v) is 4.70. The van der Waals surface area contributed by atoms with Crippen LogP contribution in [0.1, 0.15) is 19.4 Å². The first-order chi connectivity index (χ1) is 6.24. The van der Waals surface area contributed by atoms with Gasteiger partial charge in [-0.15, -0.1) is 0 Å². The molecule has 0 aliphatic rings. The molecular weight excluding hydrogens is 162 g/mol. The predicted octanol–water partition coefficient (Wildman–Crippen LogP) is 1.97. The Kier molecular flexibility index (Phi) is 3.77. The molecule has 0 bridgehead atoms. The first-order valence-electron chi connectivity index (χ1n) is 4.70. The Hall–Kier alpha value is -1.02. The number of hydrogen-bond acceptors (Lipinski definition) is 2. The molecule has 2 heteroatoms. The molecule has 1 atom stereocenters. The van der Waals surface area contributed by atoms with Crippen molar-refractivity contribution in [3.8, 4) is 5.75 Å². The summed E-state index contributed by atoms with van der Waals surface area (Å²) in [5.74, 6) is 0.960. The molecule has 1 aromatic carbocycles.